The van der Waals surface area contributed by atoms with Crippen LogP contribution >= 0.6 is 0 Å². The molecule has 104 valence electrons. The Bertz CT molecular complexity index is 465. The number of nitrogens with zero attached hydrogens (tertiary/aromatic N) is 1. The molecule has 3 rings (SSSR count). The van der Waals surface area contributed by atoms with Crippen LogP contribution in [0.1, 0.15) is 26.7 Å². The summed E-state index contributed by atoms with van der Waals surface area (Å²) in [5, 5.41) is 3.20. The van der Waals surface area contributed by atoms with Crippen LogP contribution in [-0.4, -0.2) is 48.6 Å². The Morgan fingerprint density at radius 1 is 1.26 bits per heavy atom. The highest BCUT2D eigenvalue weighted by molar-refractivity contribution is 6.47. The molecule has 2 bridgehead atoms. The second-order valence-corrected chi connectivity index (χ2v) is 6.45. The molecule has 1 saturated heterocycles. The van der Waals surface area contributed by atoms with Crippen LogP contribution in [0.25, 0.3) is 0 Å². The van der Waals surface area contributed by atoms with Gasteiger partial charge in [-0.3, -0.25) is 14.4 Å². The lowest BCUT2D eigenvalue weighted by Crippen LogP contribution is -2.56. The Kier molecular flexibility index (Phi) is 2.61. The molecule has 1 aliphatic heterocycles. The number of Topliss-reactive ketones (excluding diaryl/α,β-unsaturated/α-hetero) is 2. The molecule has 5 nitrogen and oxygen atoms in total. The second kappa shape index (κ2) is 3.88. The van der Waals surface area contributed by atoms with Gasteiger partial charge in [0.05, 0.1) is 0 Å². The molecule has 1 heterocycles. The number of carbonyl (C=O) groups excluding carboxylic acids is 3. The van der Waals surface area contributed by atoms with E-state index in [2.05, 4.69) is 5.32 Å². The molecule has 2 atom stereocenters. The van der Waals surface area contributed by atoms with Gasteiger partial charge < -0.3 is 10.2 Å². The number of hydrogen-bond donors (Lipinski definition) is 1. The van der Waals surface area contributed by atoms with Crippen molar-refractivity contribution in [1.82, 2.24) is 10.2 Å². The van der Waals surface area contributed by atoms with E-state index in [1.54, 1.807) is 4.90 Å². The van der Waals surface area contributed by atoms with Gasteiger partial charge in [0.15, 0.2) is 0 Å². The van der Waals surface area contributed by atoms with Crippen molar-refractivity contribution in [2.24, 2.45) is 16.7 Å². The molecule has 0 aromatic carbocycles. The van der Waals surface area contributed by atoms with Crippen molar-refractivity contribution in [3.8, 4) is 0 Å². The van der Waals surface area contributed by atoms with Crippen LogP contribution in [0.5, 0.6) is 0 Å². The highest BCUT2D eigenvalue weighted by Gasteiger charge is 2.73. The molecule has 3 aliphatic rings. The van der Waals surface area contributed by atoms with Gasteiger partial charge in [0.25, 0.3) is 0 Å². The maximum Gasteiger partial charge on any atom is 0.237 e. The molecule has 19 heavy (non-hydrogen) atoms. The van der Waals surface area contributed by atoms with Gasteiger partial charge in [0, 0.05) is 32.1 Å². The van der Waals surface area contributed by atoms with Crippen LogP contribution in [0.4, 0.5) is 0 Å². The second-order valence-electron chi connectivity index (χ2n) is 6.45. The maximum atomic E-state index is 12.9. The molecule has 3 fully saturated rings. The van der Waals surface area contributed by atoms with Crippen molar-refractivity contribution in [3.05, 3.63) is 0 Å². The topological polar surface area (TPSA) is 66.5 Å². The first kappa shape index (κ1) is 12.8. The Balaban J connectivity index is 1.99. The highest BCUT2D eigenvalue weighted by Crippen LogP contribution is 2.63. The minimum absolute atomic E-state index is 0.114. The van der Waals surface area contributed by atoms with Gasteiger partial charge in [-0.15, -0.1) is 0 Å². The Hall–Kier alpha value is -1.23. The number of nitrogens with one attached hydrogen (secondary N) is 1. The van der Waals surface area contributed by atoms with Crippen molar-refractivity contribution in [2.75, 3.05) is 26.2 Å². The number of hydrogen-bond acceptors (Lipinski definition) is 4. The molecule has 2 aliphatic carbocycles. The van der Waals surface area contributed by atoms with Crippen LogP contribution in [-0.2, 0) is 14.4 Å². The highest BCUT2D eigenvalue weighted by atomic mass is 16.2. The van der Waals surface area contributed by atoms with Crippen molar-refractivity contribution in [1.29, 1.82) is 0 Å². The van der Waals surface area contributed by atoms with Crippen molar-refractivity contribution < 1.29 is 14.4 Å². The summed E-state index contributed by atoms with van der Waals surface area (Å²) in [6.45, 7) is 6.59. The molecule has 0 aromatic rings. The normalized spacial score (nSPS) is 36.9. The first-order valence-corrected chi connectivity index (χ1v) is 7.01. The molecular formula is C14H20N2O3. The molecule has 1 N–H and O–H groups in total. The van der Waals surface area contributed by atoms with Gasteiger partial charge in [-0.05, 0) is 18.3 Å². The average molecular weight is 264 g/mol. The quantitative estimate of drug-likeness (QED) is 0.534. The third-order valence-corrected chi connectivity index (χ3v) is 5.48. The number of piperazine rings is 1. The summed E-state index contributed by atoms with van der Waals surface area (Å²) < 4.78 is 0. The number of rotatable bonds is 1. The fourth-order valence-electron chi connectivity index (χ4n) is 4.19. The van der Waals surface area contributed by atoms with E-state index in [9.17, 15) is 14.4 Å². The standard InChI is InChI=1S/C14H20N2O3/c1-13(2)9-3-4-14(13,11(18)10(9)17)12(19)16-7-5-15-6-8-16/h9,15H,3-8H2,1-2H3/t9-,14-/m1/s1. The van der Waals surface area contributed by atoms with Crippen LogP contribution in [0, 0.1) is 16.7 Å². The molecule has 0 unspecified atom stereocenters. The van der Waals surface area contributed by atoms with E-state index in [0.29, 0.717) is 25.9 Å². The summed E-state index contributed by atoms with van der Waals surface area (Å²) in [6, 6.07) is 0. The Morgan fingerprint density at radius 2 is 1.89 bits per heavy atom. The number of ketones is 2. The molecule has 0 radical (unpaired) electrons. The molecule has 0 aromatic heterocycles. The van der Waals surface area contributed by atoms with Gasteiger partial charge >= 0.3 is 0 Å². The predicted octanol–water partition coefficient (Wildman–Crippen LogP) is -0.00740. The minimum Gasteiger partial charge on any atom is -0.339 e. The summed E-state index contributed by atoms with van der Waals surface area (Å²) >= 11 is 0. The van der Waals surface area contributed by atoms with Gasteiger partial charge in [-0.2, -0.15) is 0 Å². The van der Waals surface area contributed by atoms with E-state index in [1.807, 2.05) is 13.8 Å². The third kappa shape index (κ3) is 1.37. The van der Waals surface area contributed by atoms with E-state index in [1.165, 1.54) is 0 Å². The molecule has 1 amide bonds. The molecule has 0 spiro atoms. The first-order chi connectivity index (χ1) is 8.93. The molecular weight excluding hydrogens is 244 g/mol. The van der Waals surface area contributed by atoms with Gasteiger partial charge in [-0.25, -0.2) is 0 Å². The largest absolute Gasteiger partial charge is 0.339 e. The van der Waals surface area contributed by atoms with Gasteiger partial charge in [0.1, 0.15) is 5.41 Å². The van der Waals surface area contributed by atoms with E-state index < -0.39 is 16.6 Å². The van der Waals surface area contributed by atoms with E-state index in [-0.39, 0.29) is 17.6 Å². The zero-order chi connectivity index (χ0) is 13.8. The Morgan fingerprint density at radius 3 is 2.42 bits per heavy atom. The van der Waals surface area contributed by atoms with Crippen LogP contribution in [0.3, 0.4) is 0 Å². The average Bonchev–Trinajstić information content (AvgIpc) is 2.75. The van der Waals surface area contributed by atoms with Gasteiger partial charge in [0.2, 0.25) is 17.5 Å². The van der Waals surface area contributed by atoms with Crippen LogP contribution in [0.15, 0.2) is 0 Å². The molecule has 5 heteroatoms. The summed E-state index contributed by atoms with van der Waals surface area (Å²) in [7, 11) is 0. The maximum absolute atomic E-state index is 12.9. The summed E-state index contributed by atoms with van der Waals surface area (Å²) in [4.78, 5) is 39.1. The van der Waals surface area contributed by atoms with Crippen molar-refractivity contribution in [3.63, 3.8) is 0 Å². The van der Waals surface area contributed by atoms with E-state index in [0.717, 1.165) is 13.1 Å². The van der Waals surface area contributed by atoms with E-state index >= 15 is 0 Å². The predicted molar refractivity (Wildman–Crippen MR) is 68.4 cm³/mol. The van der Waals surface area contributed by atoms with Crippen molar-refractivity contribution in [2.45, 2.75) is 26.7 Å². The third-order valence-electron chi connectivity index (χ3n) is 5.48. The fraction of sp³-hybridized carbons (Fsp3) is 0.786. The van der Waals surface area contributed by atoms with Crippen molar-refractivity contribution >= 4 is 17.5 Å². The number of fused-ring (bicyclic) bond motifs is 2. The van der Waals surface area contributed by atoms with Crippen LogP contribution < -0.4 is 5.32 Å². The monoisotopic (exact) mass is 264 g/mol. The zero-order valence-electron chi connectivity index (χ0n) is 11.5. The lowest BCUT2D eigenvalue weighted by atomic mass is 9.68. The summed E-state index contributed by atoms with van der Waals surface area (Å²) in [6.07, 6.45) is 1.22. The summed E-state index contributed by atoms with van der Waals surface area (Å²) in [5.41, 5.74) is -1.60. The minimum atomic E-state index is -1.08. The zero-order valence-corrected chi connectivity index (χ0v) is 11.5. The lowest BCUT2D eigenvalue weighted by molar-refractivity contribution is -0.155. The first-order valence-electron chi connectivity index (χ1n) is 7.01. The smallest absolute Gasteiger partial charge is 0.237 e. The summed E-state index contributed by atoms with van der Waals surface area (Å²) in [5.74, 6) is -1.12. The number of carbonyl (C=O) groups is 3. The Labute approximate surface area is 112 Å². The van der Waals surface area contributed by atoms with Gasteiger partial charge in [-0.1, -0.05) is 13.8 Å². The fourth-order valence-corrected chi connectivity index (χ4v) is 4.19. The van der Waals surface area contributed by atoms with Crippen LogP contribution in [0.2, 0.25) is 0 Å². The lowest BCUT2D eigenvalue weighted by Gasteiger charge is -2.39. The number of amides is 1. The molecule has 2 saturated carbocycles. The van der Waals surface area contributed by atoms with E-state index in [4.69, 9.17) is 0 Å². The SMILES string of the molecule is CC1(C)[C@@H]2CC[C@]1(C(=O)N1CCNCC1)C(=O)C2=O.